The molecule has 0 saturated carbocycles. The predicted molar refractivity (Wildman–Crippen MR) is 157 cm³/mol. The normalized spacial score (nSPS) is 12.9. The second-order valence-corrected chi connectivity index (χ2v) is 11.8. The molecule has 0 aliphatic rings. The van der Waals surface area contributed by atoms with Crippen molar-refractivity contribution in [1.82, 2.24) is 0 Å². The van der Waals surface area contributed by atoms with Gasteiger partial charge in [-0.15, -0.1) is 0 Å². The molecule has 10 nitrogen and oxygen atoms in total. The molecule has 0 aliphatic heterocycles. The summed E-state index contributed by atoms with van der Waals surface area (Å²) in [5.74, 6) is 0.0512. The molecule has 3 aromatic carbocycles. The fourth-order valence-corrected chi connectivity index (χ4v) is 5.45. The van der Waals surface area contributed by atoms with Gasteiger partial charge in [0, 0.05) is 24.8 Å². The smallest absolute Gasteiger partial charge is 0.512 e. The van der Waals surface area contributed by atoms with E-state index in [1.165, 1.54) is 6.92 Å². The highest BCUT2D eigenvalue weighted by Gasteiger charge is 2.36. The summed E-state index contributed by atoms with van der Waals surface area (Å²) >= 11 is 0. The molecule has 0 unspecified atom stereocenters. The van der Waals surface area contributed by atoms with Crippen molar-refractivity contribution in [3.05, 3.63) is 111 Å². The molecule has 3 aromatic rings. The van der Waals surface area contributed by atoms with Gasteiger partial charge in [-0.3, -0.25) is 14.3 Å². The zero-order valence-corrected chi connectivity index (χ0v) is 24.7. The van der Waals surface area contributed by atoms with Crippen LogP contribution in [0.25, 0.3) is 0 Å². The van der Waals surface area contributed by atoms with E-state index in [-0.39, 0.29) is 42.3 Å². The van der Waals surface area contributed by atoms with E-state index in [1.807, 2.05) is 6.92 Å². The molecule has 0 spiro atoms. The van der Waals surface area contributed by atoms with E-state index >= 15 is 0 Å². The quantitative estimate of drug-likeness (QED) is 0.0782. The molecule has 3 rings (SSSR count). The average Bonchev–Trinajstić information content (AvgIpc) is 2.87. The minimum Gasteiger partial charge on any atom is -0.512 e. The van der Waals surface area contributed by atoms with Crippen LogP contribution in [0.4, 0.5) is 0 Å². The number of phenolic OH excluding ortho intramolecular Hbond substituents is 1. The summed E-state index contributed by atoms with van der Waals surface area (Å²) in [6.45, 7) is 5.15. The number of hydrogen-bond acceptors (Lipinski definition) is 8. The van der Waals surface area contributed by atoms with Crippen LogP contribution in [0.1, 0.15) is 54.2 Å². The van der Waals surface area contributed by atoms with Crippen molar-refractivity contribution in [2.24, 2.45) is 0 Å². The number of phosphoric acid groups is 1. The molecule has 0 atom stereocenters. The molecular weight excluding hydrogens is 570 g/mol. The first kappa shape index (κ1) is 32.3. The number of aromatic hydroxyl groups is 1. The summed E-state index contributed by atoms with van der Waals surface area (Å²) in [6.07, 6.45) is 4.25. The van der Waals surface area contributed by atoms with Gasteiger partial charge in [-0.25, -0.2) is 4.57 Å². The van der Waals surface area contributed by atoms with Gasteiger partial charge >= 0.3 is 16.0 Å². The number of aryl methyl sites for hydroxylation is 1. The Hall–Kier alpha value is -3.20. The molecule has 0 fully saturated rings. The van der Waals surface area contributed by atoms with E-state index in [9.17, 15) is 39.2 Å². The van der Waals surface area contributed by atoms with Crippen LogP contribution < -0.4 is 9.05 Å². The summed E-state index contributed by atoms with van der Waals surface area (Å²) in [6, 6.07) is 15.2. The number of phenols is 1. The van der Waals surface area contributed by atoms with Gasteiger partial charge < -0.3 is 14.7 Å². The van der Waals surface area contributed by atoms with Gasteiger partial charge in [-0.2, -0.15) is 14.7 Å². The molecular formula is C29H35O10P2+. The monoisotopic (exact) mass is 605 g/mol. The fraction of sp³-hybridized carbons (Fsp3) is 0.241. The number of allylic oxidation sites excluding steroid dienone is 4. The topological polar surface area (TPSA) is 177 Å². The lowest BCUT2D eigenvalue weighted by molar-refractivity contribution is 0.236. The molecule has 0 aliphatic carbocycles. The first-order valence-electron chi connectivity index (χ1n) is 12.8. The summed E-state index contributed by atoms with van der Waals surface area (Å²) in [5, 5.41) is 21.3. The van der Waals surface area contributed by atoms with Gasteiger partial charge in [0.15, 0.2) is 5.75 Å². The van der Waals surface area contributed by atoms with E-state index in [0.717, 1.165) is 0 Å². The van der Waals surface area contributed by atoms with E-state index in [0.29, 0.717) is 45.4 Å². The Morgan fingerprint density at radius 1 is 0.854 bits per heavy atom. The van der Waals surface area contributed by atoms with Crippen molar-refractivity contribution in [1.29, 1.82) is 0 Å². The zero-order chi connectivity index (χ0) is 30.4. The molecule has 220 valence electrons. The van der Waals surface area contributed by atoms with E-state index in [4.69, 9.17) is 9.05 Å². The third-order valence-electron chi connectivity index (χ3n) is 6.34. The lowest BCUT2D eigenvalue weighted by Gasteiger charge is -2.18. The van der Waals surface area contributed by atoms with Gasteiger partial charge in [0.05, 0.1) is 5.76 Å². The standard InChI is InChI=1S/C29H34O10P2/c1-4-9-21(19(3)30)16-24-14-8-15-26(29(24)39-41(35,36)37)18-23-12-7-11-22(27(23)31)17-25-13-6-10-20(5-2)28(25)38-40(32,33)34/h4,6-15,32-34H,5,16-18H2,1-3H3,(H3-,30,31,35,36,37)/p+1/b9-4-,21-19-. The van der Waals surface area contributed by atoms with Gasteiger partial charge in [-0.1, -0.05) is 73.7 Å². The predicted octanol–water partition coefficient (Wildman–Crippen LogP) is 5.59. The van der Waals surface area contributed by atoms with Crippen LogP contribution in [0, 0.1) is 0 Å². The maximum absolute atomic E-state index is 11.9. The van der Waals surface area contributed by atoms with Gasteiger partial charge in [0.25, 0.3) is 0 Å². The maximum Gasteiger partial charge on any atom is 0.613 e. The summed E-state index contributed by atoms with van der Waals surface area (Å²) in [4.78, 5) is 47.9. The molecule has 0 aromatic heterocycles. The number of para-hydroxylation sites is 3. The van der Waals surface area contributed by atoms with E-state index in [1.54, 1.807) is 73.7 Å². The van der Waals surface area contributed by atoms with Crippen molar-refractivity contribution in [2.75, 3.05) is 0 Å². The Morgan fingerprint density at radius 3 is 1.80 bits per heavy atom. The van der Waals surface area contributed by atoms with E-state index in [2.05, 4.69) is 0 Å². The van der Waals surface area contributed by atoms with Crippen LogP contribution in [-0.2, 0) is 30.2 Å². The van der Waals surface area contributed by atoms with E-state index < -0.39 is 16.0 Å². The second kappa shape index (κ2) is 13.6. The summed E-state index contributed by atoms with van der Waals surface area (Å²) in [5.41, 5.74) is 3.44. The SMILES string of the molecule is C/C=C\C(Cc1cccc(Cc2cccc(Cc3cccc(CC)c3O[P+](O)(O)O)c2O)c1OP(=O)(O)O)=C(/C)O. The van der Waals surface area contributed by atoms with Crippen molar-refractivity contribution in [3.63, 3.8) is 0 Å². The van der Waals surface area contributed by atoms with Crippen molar-refractivity contribution in [2.45, 2.75) is 46.5 Å². The largest absolute Gasteiger partial charge is 0.613 e. The van der Waals surface area contributed by atoms with Crippen LogP contribution in [0.3, 0.4) is 0 Å². The van der Waals surface area contributed by atoms with Crippen molar-refractivity contribution in [3.8, 4) is 17.2 Å². The molecule has 7 N–H and O–H groups in total. The van der Waals surface area contributed by atoms with Crippen molar-refractivity contribution >= 4 is 16.0 Å². The Morgan fingerprint density at radius 2 is 1.34 bits per heavy atom. The Labute approximate surface area is 239 Å². The maximum atomic E-state index is 11.9. The highest BCUT2D eigenvalue weighted by Crippen LogP contribution is 2.49. The number of rotatable bonds is 12. The molecule has 41 heavy (non-hydrogen) atoms. The van der Waals surface area contributed by atoms with Crippen LogP contribution in [0.5, 0.6) is 17.2 Å². The van der Waals surface area contributed by atoms with Crippen LogP contribution in [0.15, 0.2) is 78.1 Å². The average molecular weight is 606 g/mol. The third-order valence-corrected chi connectivity index (χ3v) is 7.19. The third kappa shape index (κ3) is 9.15. The number of phosphoric ester groups is 1. The van der Waals surface area contributed by atoms with Crippen LogP contribution in [0.2, 0.25) is 0 Å². The molecule has 0 radical (unpaired) electrons. The zero-order valence-electron chi connectivity index (χ0n) is 22.9. The van der Waals surface area contributed by atoms with Gasteiger partial charge in [0.1, 0.15) is 11.5 Å². The van der Waals surface area contributed by atoms with Crippen LogP contribution in [-0.4, -0.2) is 34.7 Å². The molecule has 0 bridgehead atoms. The summed E-state index contributed by atoms with van der Waals surface area (Å²) < 4.78 is 22.1. The number of aliphatic hydroxyl groups excluding tert-OH is 1. The second-order valence-electron chi connectivity index (χ2n) is 9.42. The van der Waals surface area contributed by atoms with Gasteiger partial charge in [0.2, 0.25) is 0 Å². The first-order chi connectivity index (χ1) is 19.2. The lowest BCUT2D eigenvalue weighted by atomic mass is 9.94. The molecule has 12 heteroatoms. The highest BCUT2D eigenvalue weighted by atomic mass is 31.2. The fourth-order valence-electron chi connectivity index (χ4n) is 4.50. The minimum absolute atomic E-state index is 0.0469. The Bertz CT molecular complexity index is 1480. The van der Waals surface area contributed by atoms with Crippen molar-refractivity contribution < 1.29 is 48.3 Å². The first-order valence-corrected chi connectivity index (χ1v) is 15.9. The van der Waals surface area contributed by atoms with Crippen LogP contribution >= 0.6 is 16.0 Å². The molecule has 0 saturated heterocycles. The molecule has 0 amide bonds. The lowest BCUT2D eigenvalue weighted by Crippen LogP contribution is -2.05. The Balaban J connectivity index is 2.04. The Kier molecular flexibility index (Phi) is 10.8. The number of aliphatic hydroxyl groups is 1. The summed E-state index contributed by atoms with van der Waals surface area (Å²) in [7, 11) is -9.55. The molecule has 0 heterocycles. The minimum atomic E-state index is -4.96. The highest BCUT2D eigenvalue weighted by molar-refractivity contribution is 7.53. The number of hydrogen-bond donors (Lipinski definition) is 7. The van der Waals surface area contributed by atoms with Gasteiger partial charge in [-0.05, 0) is 53.7 Å². The number of benzene rings is 3.